The van der Waals surface area contributed by atoms with Gasteiger partial charge in [0.1, 0.15) is 25.3 Å². The largest absolute Gasteiger partial charge is 0.478 e. The molecule has 3 aliphatic rings. The van der Waals surface area contributed by atoms with Gasteiger partial charge in [0, 0.05) is 11.8 Å². The van der Waals surface area contributed by atoms with Crippen molar-refractivity contribution in [2.75, 3.05) is 13.2 Å². The predicted octanol–water partition coefficient (Wildman–Crippen LogP) is 5.13. The quantitative estimate of drug-likeness (QED) is 0.744. The fourth-order valence-electron chi connectivity index (χ4n) is 4.60. The lowest BCUT2D eigenvalue weighted by atomic mass is 9.79. The standard InChI is InChI=1S/C24H26N2O2/c1-3-9-17(10-4-1)21-15-27-23(25-21)19-13-7-8-14-20(19)24-26-22(16-28-24)18-11-5-2-6-12-18/h1-6,9-12,19-22H,7-8,13-16H2. The zero-order valence-electron chi connectivity index (χ0n) is 16.0. The van der Waals surface area contributed by atoms with Crippen LogP contribution in [0, 0.1) is 11.8 Å². The highest BCUT2D eigenvalue weighted by atomic mass is 16.5. The molecule has 4 nitrogen and oxygen atoms in total. The van der Waals surface area contributed by atoms with Gasteiger partial charge in [-0.25, -0.2) is 9.98 Å². The normalized spacial score (nSPS) is 29.6. The van der Waals surface area contributed by atoms with Crippen LogP contribution in [0.25, 0.3) is 0 Å². The van der Waals surface area contributed by atoms with E-state index in [0.717, 1.165) is 24.6 Å². The number of hydrogen-bond acceptors (Lipinski definition) is 4. The number of rotatable bonds is 4. The fourth-order valence-corrected chi connectivity index (χ4v) is 4.60. The molecule has 0 aromatic heterocycles. The smallest absolute Gasteiger partial charge is 0.188 e. The summed E-state index contributed by atoms with van der Waals surface area (Å²) in [6, 6.07) is 21.1. The summed E-state index contributed by atoms with van der Waals surface area (Å²) in [5.74, 6) is 2.40. The van der Waals surface area contributed by atoms with Gasteiger partial charge in [0.15, 0.2) is 11.8 Å². The third kappa shape index (κ3) is 3.44. The minimum Gasteiger partial charge on any atom is -0.478 e. The average Bonchev–Trinajstić information content (AvgIpc) is 3.45. The van der Waals surface area contributed by atoms with Gasteiger partial charge in [-0.05, 0) is 24.0 Å². The molecule has 1 fully saturated rings. The first-order chi connectivity index (χ1) is 13.9. The van der Waals surface area contributed by atoms with Gasteiger partial charge in [0.2, 0.25) is 0 Å². The van der Waals surface area contributed by atoms with E-state index in [-0.39, 0.29) is 23.9 Å². The molecule has 4 unspecified atom stereocenters. The molecule has 2 aromatic rings. The maximum Gasteiger partial charge on any atom is 0.188 e. The summed E-state index contributed by atoms with van der Waals surface area (Å²) in [4.78, 5) is 9.93. The van der Waals surface area contributed by atoms with Crippen molar-refractivity contribution in [3.8, 4) is 0 Å². The Hall–Kier alpha value is -2.62. The van der Waals surface area contributed by atoms with E-state index >= 15 is 0 Å². The lowest BCUT2D eigenvalue weighted by Crippen LogP contribution is -2.33. The van der Waals surface area contributed by atoms with E-state index < -0.39 is 0 Å². The van der Waals surface area contributed by atoms with Crippen molar-refractivity contribution in [3.63, 3.8) is 0 Å². The molecule has 28 heavy (non-hydrogen) atoms. The first-order valence-corrected chi connectivity index (χ1v) is 10.4. The van der Waals surface area contributed by atoms with Crippen LogP contribution in [-0.4, -0.2) is 25.0 Å². The number of benzene rings is 2. The first kappa shape index (κ1) is 17.5. The third-order valence-electron chi connectivity index (χ3n) is 6.11. The SMILES string of the molecule is c1ccc(C2COC(C3CCCCC3C3=NC(c4ccccc4)CO3)=N2)cc1. The molecule has 0 radical (unpaired) electrons. The van der Waals surface area contributed by atoms with Crippen LogP contribution in [-0.2, 0) is 9.47 Å². The van der Waals surface area contributed by atoms with Crippen molar-refractivity contribution in [1.29, 1.82) is 0 Å². The summed E-state index contributed by atoms with van der Waals surface area (Å²) in [6.07, 6.45) is 4.64. The second kappa shape index (κ2) is 7.78. The molecular weight excluding hydrogens is 348 g/mol. The van der Waals surface area contributed by atoms with Crippen molar-refractivity contribution >= 4 is 11.8 Å². The van der Waals surface area contributed by atoms with Gasteiger partial charge in [-0.3, -0.25) is 0 Å². The molecule has 0 saturated heterocycles. The average molecular weight is 374 g/mol. The Bertz CT molecular complexity index is 789. The van der Waals surface area contributed by atoms with Crippen LogP contribution in [0.4, 0.5) is 0 Å². The van der Waals surface area contributed by atoms with Gasteiger partial charge in [-0.1, -0.05) is 73.5 Å². The number of aliphatic imine (C=N–C) groups is 2. The zero-order valence-corrected chi connectivity index (χ0v) is 16.0. The molecule has 0 bridgehead atoms. The van der Waals surface area contributed by atoms with E-state index in [0.29, 0.717) is 13.2 Å². The maximum absolute atomic E-state index is 6.10. The summed E-state index contributed by atoms with van der Waals surface area (Å²) in [5, 5.41) is 0. The van der Waals surface area contributed by atoms with E-state index in [2.05, 4.69) is 48.5 Å². The van der Waals surface area contributed by atoms with Gasteiger partial charge in [0.05, 0.1) is 0 Å². The second-order valence-electron chi connectivity index (χ2n) is 7.91. The minimum atomic E-state index is 0.113. The van der Waals surface area contributed by atoms with Crippen LogP contribution < -0.4 is 0 Å². The topological polar surface area (TPSA) is 43.2 Å². The molecule has 2 aromatic carbocycles. The number of hydrogen-bond donors (Lipinski definition) is 0. The van der Waals surface area contributed by atoms with Crippen molar-refractivity contribution in [3.05, 3.63) is 71.8 Å². The van der Waals surface area contributed by atoms with Crippen LogP contribution in [0.15, 0.2) is 70.6 Å². The minimum absolute atomic E-state index is 0.113. The number of nitrogens with zero attached hydrogens (tertiary/aromatic N) is 2. The van der Waals surface area contributed by atoms with Crippen molar-refractivity contribution in [2.45, 2.75) is 37.8 Å². The summed E-state index contributed by atoms with van der Waals surface area (Å²) in [6.45, 7) is 1.28. The van der Waals surface area contributed by atoms with Gasteiger partial charge >= 0.3 is 0 Å². The fraction of sp³-hybridized carbons (Fsp3) is 0.417. The Morgan fingerprint density at radius 1 is 0.607 bits per heavy atom. The van der Waals surface area contributed by atoms with Crippen LogP contribution >= 0.6 is 0 Å². The van der Waals surface area contributed by atoms with E-state index in [9.17, 15) is 0 Å². The summed E-state index contributed by atoms with van der Waals surface area (Å²) < 4.78 is 12.2. The highest BCUT2D eigenvalue weighted by molar-refractivity contribution is 5.89. The molecule has 1 saturated carbocycles. The lowest BCUT2D eigenvalue weighted by molar-refractivity contribution is 0.237. The molecule has 4 atom stereocenters. The van der Waals surface area contributed by atoms with Crippen LogP contribution in [0.5, 0.6) is 0 Å². The zero-order chi connectivity index (χ0) is 18.8. The molecule has 0 N–H and O–H groups in total. The van der Waals surface area contributed by atoms with E-state index in [4.69, 9.17) is 19.5 Å². The lowest BCUT2D eigenvalue weighted by Gasteiger charge is -2.30. The van der Waals surface area contributed by atoms with Crippen molar-refractivity contribution < 1.29 is 9.47 Å². The first-order valence-electron chi connectivity index (χ1n) is 10.4. The molecule has 2 aliphatic heterocycles. The molecular formula is C24H26N2O2. The van der Waals surface area contributed by atoms with Gasteiger partial charge in [-0.2, -0.15) is 0 Å². The molecule has 1 aliphatic carbocycles. The van der Waals surface area contributed by atoms with E-state index in [1.54, 1.807) is 0 Å². The Kier molecular flexibility index (Phi) is 4.86. The molecule has 144 valence electrons. The van der Waals surface area contributed by atoms with E-state index in [1.165, 1.54) is 24.0 Å². The Balaban J connectivity index is 1.36. The van der Waals surface area contributed by atoms with Crippen LogP contribution in [0.2, 0.25) is 0 Å². The molecule has 0 spiro atoms. The molecule has 4 heteroatoms. The highest BCUT2D eigenvalue weighted by Crippen LogP contribution is 2.38. The monoisotopic (exact) mass is 374 g/mol. The highest BCUT2D eigenvalue weighted by Gasteiger charge is 2.39. The van der Waals surface area contributed by atoms with Crippen molar-refractivity contribution in [1.82, 2.24) is 0 Å². The van der Waals surface area contributed by atoms with E-state index in [1.807, 2.05) is 12.1 Å². The molecule has 0 amide bonds. The maximum atomic E-state index is 6.10. The van der Waals surface area contributed by atoms with Gasteiger partial charge in [0.25, 0.3) is 0 Å². The molecule has 2 heterocycles. The third-order valence-corrected chi connectivity index (χ3v) is 6.11. The second-order valence-corrected chi connectivity index (χ2v) is 7.91. The van der Waals surface area contributed by atoms with Gasteiger partial charge < -0.3 is 9.47 Å². The summed E-state index contributed by atoms with van der Waals surface area (Å²) in [5.41, 5.74) is 2.45. The summed E-state index contributed by atoms with van der Waals surface area (Å²) in [7, 11) is 0. The Morgan fingerprint density at radius 3 is 1.46 bits per heavy atom. The Labute approximate surface area is 166 Å². The Morgan fingerprint density at radius 2 is 1.04 bits per heavy atom. The predicted molar refractivity (Wildman–Crippen MR) is 111 cm³/mol. The summed E-state index contributed by atoms with van der Waals surface area (Å²) >= 11 is 0. The van der Waals surface area contributed by atoms with Crippen LogP contribution in [0.3, 0.4) is 0 Å². The van der Waals surface area contributed by atoms with Crippen molar-refractivity contribution in [2.24, 2.45) is 21.8 Å². The van der Waals surface area contributed by atoms with Gasteiger partial charge in [-0.15, -0.1) is 0 Å². The number of ether oxygens (including phenoxy) is 2. The molecule has 5 rings (SSSR count). The van der Waals surface area contributed by atoms with Crippen LogP contribution in [0.1, 0.15) is 48.9 Å².